The van der Waals surface area contributed by atoms with E-state index < -0.39 is 0 Å². The van der Waals surface area contributed by atoms with E-state index in [4.69, 9.17) is 9.98 Å². The molecule has 0 aromatic heterocycles. The molecular formula is C12H14N2. The Labute approximate surface area is 83.4 Å². The average molecular weight is 186 g/mol. The lowest BCUT2D eigenvalue weighted by molar-refractivity contribution is 0.308. The van der Waals surface area contributed by atoms with Crippen LogP contribution in [0.4, 0.5) is 0 Å². The molecule has 1 aromatic carbocycles. The van der Waals surface area contributed by atoms with Gasteiger partial charge in [0.25, 0.3) is 0 Å². The van der Waals surface area contributed by atoms with E-state index in [0.717, 1.165) is 10.7 Å². The van der Waals surface area contributed by atoms with Gasteiger partial charge < -0.3 is 0 Å². The molecule has 0 spiro atoms. The predicted molar refractivity (Wildman–Crippen MR) is 54.5 cm³/mol. The van der Waals surface area contributed by atoms with Crippen molar-refractivity contribution in [1.82, 2.24) is 0 Å². The number of para-hydroxylation sites is 2. The van der Waals surface area contributed by atoms with Crippen LogP contribution in [-0.2, 0) is 0 Å². The Balaban J connectivity index is 2.22. The summed E-state index contributed by atoms with van der Waals surface area (Å²) >= 11 is 0. The summed E-state index contributed by atoms with van der Waals surface area (Å²) in [4.78, 5) is 9.50. The molecule has 2 nitrogen and oxygen atoms in total. The summed E-state index contributed by atoms with van der Waals surface area (Å²) in [6.07, 6.45) is 2.51. The number of benzene rings is 1. The molecule has 0 bridgehead atoms. The Morgan fingerprint density at radius 1 is 1.00 bits per heavy atom. The Kier molecular flexibility index (Phi) is 1.31. The van der Waals surface area contributed by atoms with Crippen molar-refractivity contribution in [2.45, 2.75) is 32.4 Å². The number of rotatable bonds is 1. The van der Waals surface area contributed by atoms with E-state index in [1.165, 1.54) is 12.8 Å². The Hall–Kier alpha value is -1.18. The van der Waals surface area contributed by atoms with Crippen molar-refractivity contribution in [3.05, 3.63) is 35.0 Å². The van der Waals surface area contributed by atoms with E-state index in [1.807, 2.05) is 12.1 Å². The van der Waals surface area contributed by atoms with Crippen LogP contribution < -0.4 is 10.7 Å². The lowest BCUT2D eigenvalue weighted by atomic mass is 9.94. The van der Waals surface area contributed by atoms with E-state index in [1.54, 1.807) is 0 Å². The molecule has 14 heavy (non-hydrogen) atoms. The van der Waals surface area contributed by atoms with Crippen LogP contribution in [0.1, 0.15) is 26.7 Å². The lowest BCUT2D eigenvalue weighted by Gasteiger charge is -2.24. The Bertz CT molecular complexity index is 462. The molecule has 0 unspecified atom stereocenters. The van der Waals surface area contributed by atoms with Crippen molar-refractivity contribution in [3.63, 3.8) is 0 Å². The van der Waals surface area contributed by atoms with Gasteiger partial charge in [0.2, 0.25) is 0 Å². The predicted octanol–water partition coefficient (Wildman–Crippen LogP) is 1.46. The number of hydrogen-bond donors (Lipinski definition) is 0. The highest BCUT2D eigenvalue weighted by atomic mass is 15.1. The van der Waals surface area contributed by atoms with Gasteiger partial charge in [0, 0.05) is 5.41 Å². The van der Waals surface area contributed by atoms with E-state index in [0.29, 0.717) is 5.41 Å². The summed E-state index contributed by atoms with van der Waals surface area (Å²) in [6, 6.07) is 8.16. The van der Waals surface area contributed by atoms with Gasteiger partial charge >= 0.3 is 0 Å². The summed E-state index contributed by atoms with van der Waals surface area (Å²) < 4.78 is 0. The van der Waals surface area contributed by atoms with Crippen molar-refractivity contribution in [3.8, 4) is 0 Å². The molecule has 0 N–H and O–H groups in total. The van der Waals surface area contributed by atoms with Gasteiger partial charge in [-0.25, -0.2) is 0 Å². The Morgan fingerprint density at radius 2 is 1.50 bits per heavy atom. The fourth-order valence-electron chi connectivity index (χ4n) is 2.08. The van der Waals surface area contributed by atoms with Gasteiger partial charge in [-0.1, -0.05) is 19.1 Å². The number of nitrogens with zero attached hydrogens (tertiary/aromatic N) is 2. The second-order valence-corrected chi connectivity index (χ2v) is 4.79. The third-order valence-corrected chi connectivity index (χ3v) is 3.70. The maximum absolute atomic E-state index is 4.75. The van der Waals surface area contributed by atoms with Crippen molar-refractivity contribution >= 4 is 0 Å². The summed E-state index contributed by atoms with van der Waals surface area (Å²) in [5.74, 6) is 0. The second kappa shape index (κ2) is 2.25. The van der Waals surface area contributed by atoms with Crippen LogP contribution in [0.15, 0.2) is 34.3 Å². The first-order chi connectivity index (χ1) is 6.63. The zero-order valence-electron chi connectivity index (χ0n) is 8.62. The minimum absolute atomic E-state index is 0.198. The monoisotopic (exact) mass is 186 g/mol. The molecule has 0 amide bonds. The molecular weight excluding hydrogens is 172 g/mol. The van der Waals surface area contributed by atoms with Gasteiger partial charge in [-0.3, -0.25) is 9.98 Å². The highest BCUT2D eigenvalue weighted by Gasteiger charge is 2.54. The van der Waals surface area contributed by atoms with Crippen molar-refractivity contribution in [2.75, 3.05) is 0 Å². The van der Waals surface area contributed by atoms with Gasteiger partial charge in [-0.15, -0.1) is 0 Å². The Morgan fingerprint density at radius 3 is 1.93 bits per heavy atom. The zero-order chi connectivity index (χ0) is 9.81. The molecule has 0 atom stereocenters. The molecule has 3 rings (SSSR count). The molecule has 1 aromatic rings. The maximum atomic E-state index is 4.75. The standard InChI is InChI=1S/C12H14N2/c1-11(7-8-11)12(2)13-9-5-3-4-6-10(9)14-12/h3-6H,7-8H2,1-2H3. The number of hydrogen-bond acceptors (Lipinski definition) is 2. The molecule has 1 aliphatic heterocycles. The summed E-state index contributed by atoms with van der Waals surface area (Å²) in [7, 11) is 0. The van der Waals surface area contributed by atoms with Gasteiger partial charge in [0.1, 0.15) is 0 Å². The minimum Gasteiger partial charge on any atom is -0.253 e. The minimum atomic E-state index is -0.198. The summed E-state index contributed by atoms with van der Waals surface area (Å²) in [5.41, 5.74) is 0.114. The van der Waals surface area contributed by atoms with Crippen LogP contribution in [-0.4, -0.2) is 5.66 Å². The molecule has 1 heterocycles. The second-order valence-electron chi connectivity index (χ2n) is 4.79. The molecule has 72 valence electrons. The smallest absolute Gasteiger partial charge is 0.154 e. The SMILES string of the molecule is CC1(C2(C)N=c3ccccc3=N2)CC1. The highest BCUT2D eigenvalue weighted by Crippen LogP contribution is 2.55. The third-order valence-electron chi connectivity index (χ3n) is 3.70. The molecule has 2 heteroatoms. The number of fused-ring (bicyclic) bond motifs is 1. The lowest BCUT2D eigenvalue weighted by Crippen LogP contribution is -2.29. The van der Waals surface area contributed by atoms with Crippen LogP contribution in [0, 0.1) is 5.41 Å². The van der Waals surface area contributed by atoms with E-state index in [2.05, 4.69) is 26.0 Å². The molecule has 0 radical (unpaired) electrons. The van der Waals surface area contributed by atoms with Gasteiger partial charge in [0.05, 0.1) is 10.7 Å². The van der Waals surface area contributed by atoms with Crippen molar-refractivity contribution in [1.29, 1.82) is 0 Å². The van der Waals surface area contributed by atoms with Crippen LogP contribution in [0.3, 0.4) is 0 Å². The first-order valence-corrected chi connectivity index (χ1v) is 5.18. The maximum Gasteiger partial charge on any atom is 0.154 e. The van der Waals surface area contributed by atoms with Gasteiger partial charge in [-0.2, -0.15) is 0 Å². The topological polar surface area (TPSA) is 24.7 Å². The van der Waals surface area contributed by atoms with E-state index in [-0.39, 0.29) is 5.66 Å². The van der Waals surface area contributed by atoms with Crippen molar-refractivity contribution in [2.24, 2.45) is 15.4 Å². The normalized spacial score (nSPS) is 24.7. The largest absolute Gasteiger partial charge is 0.253 e. The van der Waals surface area contributed by atoms with Gasteiger partial charge in [0.15, 0.2) is 5.66 Å². The first-order valence-electron chi connectivity index (χ1n) is 5.18. The fourth-order valence-corrected chi connectivity index (χ4v) is 2.08. The molecule has 1 saturated carbocycles. The van der Waals surface area contributed by atoms with E-state index in [9.17, 15) is 0 Å². The van der Waals surface area contributed by atoms with Crippen molar-refractivity contribution < 1.29 is 0 Å². The van der Waals surface area contributed by atoms with Gasteiger partial charge in [-0.05, 0) is 31.9 Å². The molecule has 1 aliphatic carbocycles. The molecule has 1 fully saturated rings. The quantitative estimate of drug-likeness (QED) is 0.634. The molecule has 2 aliphatic rings. The summed E-state index contributed by atoms with van der Waals surface area (Å²) in [5, 5.41) is 2.12. The fraction of sp³-hybridized carbons (Fsp3) is 0.500. The first kappa shape index (κ1) is 8.16. The van der Waals surface area contributed by atoms with Crippen LogP contribution in [0.2, 0.25) is 0 Å². The summed E-state index contributed by atoms with van der Waals surface area (Å²) in [6.45, 7) is 4.44. The van der Waals surface area contributed by atoms with Crippen LogP contribution in [0.5, 0.6) is 0 Å². The third kappa shape index (κ3) is 0.912. The highest BCUT2D eigenvalue weighted by molar-refractivity contribution is 5.14. The zero-order valence-corrected chi connectivity index (χ0v) is 8.62. The van der Waals surface area contributed by atoms with Crippen LogP contribution in [0.25, 0.3) is 0 Å². The molecule has 0 saturated heterocycles. The van der Waals surface area contributed by atoms with Crippen LogP contribution >= 0.6 is 0 Å². The average Bonchev–Trinajstić information content (AvgIpc) is 2.81. The van der Waals surface area contributed by atoms with E-state index >= 15 is 0 Å².